The van der Waals surface area contributed by atoms with Crippen molar-refractivity contribution >= 4 is 17.3 Å². The summed E-state index contributed by atoms with van der Waals surface area (Å²) in [6.07, 6.45) is 3.97. The average molecular weight is 275 g/mol. The van der Waals surface area contributed by atoms with Crippen LogP contribution in [0.3, 0.4) is 0 Å². The van der Waals surface area contributed by atoms with Gasteiger partial charge in [0.05, 0.1) is 11.4 Å². The fourth-order valence-corrected chi connectivity index (χ4v) is 2.46. The number of hydrogen-bond acceptors (Lipinski definition) is 3. The minimum absolute atomic E-state index is 0.429. The number of pyridine rings is 1. The lowest BCUT2D eigenvalue weighted by molar-refractivity contribution is 0.302. The highest BCUT2D eigenvalue weighted by Crippen LogP contribution is 2.32. The summed E-state index contributed by atoms with van der Waals surface area (Å²) in [6.45, 7) is 1.43. The van der Waals surface area contributed by atoms with E-state index in [-0.39, 0.29) is 0 Å². The van der Waals surface area contributed by atoms with Gasteiger partial charge in [-0.2, -0.15) is 0 Å². The van der Waals surface area contributed by atoms with Crippen molar-refractivity contribution in [1.29, 1.82) is 0 Å². The number of para-hydroxylation sites is 1. The van der Waals surface area contributed by atoms with Gasteiger partial charge in [-0.15, -0.1) is 0 Å². The van der Waals surface area contributed by atoms with Gasteiger partial charge in [0, 0.05) is 17.8 Å². The largest absolute Gasteiger partial charge is 0.485 e. The molecule has 1 aliphatic rings. The second-order valence-corrected chi connectivity index (χ2v) is 5.01. The second kappa shape index (κ2) is 5.49. The van der Waals surface area contributed by atoms with Crippen molar-refractivity contribution in [3.8, 4) is 5.75 Å². The third-order valence-corrected chi connectivity index (χ3v) is 3.43. The maximum absolute atomic E-state index is 5.93. The van der Waals surface area contributed by atoms with Gasteiger partial charge in [-0.25, -0.2) is 0 Å². The quantitative estimate of drug-likeness (QED) is 0.927. The monoisotopic (exact) mass is 274 g/mol. The number of nitrogens with zero attached hydrogens (tertiary/aromatic N) is 1. The highest BCUT2D eigenvalue weighted by atomic mass is 35.5. The van der Waals surface area contributed by atoms with E-state index in [1.807, 2.05) is 18.2 Å². The number of aryl methyl sites for hydroxylation is 1. The molecule has 0 aliphatic carbocycles. The molecule has 0 radical (unpaired) electrons. The van der Waals surface area contributed by atoms with Crippen LogP contribution in [0.1, 0.15) is 17.7 Å². The Morgan fingerprint density at radius 3 is 3.16 bits per heavy atom. The number of halogens is 1. The number of rotatable bonds is 3. The SMILES string of the molecule is Clc1ccnc(COc2cccc3c2NCCC3)c1. The third-order valence-electron chi connectivity index (χ3n) is 3.19. The summed E-state index contributed by atoms with van der Waals surface area (Å²) >= 11 is 5.93. The van der Waals surface area contributed by atoms with Crippen molar-refractivity contribution in [2.45, 2.75) is 19.4 Å². The molecule has 2 heterocycles. The van der Waals surface area contributed by atoms with E-state index >= 15 is 0 Å². The summed E-state index contributed by atoms with van der Waals surface area (Å²) in [5.41, 5.74) is 3.28. The summed E-state index contributed by atoms with van der Waals surface area (Å²) < 4.78 is 5.86. The molecule has 0 fully saturated rings. The van der Waals surface area contributed by atoms with Gasteiger partial charge in [0.2, 0.25) is 0 Å². The van der Waals surface area contributed by atoms with Crippen LogP contribution < -0.4 is 10.1 Å². The van der Waals surface area contributed by atoms with Crippen LogP contribution in [0.15, 0.2) is 36.5 Å². The third kappa shape index (κ3) is 2.82. The molecule has 0 bridgehead atoms. The summed E-state index contributed by atoms with van der Waals surface area (Å²) in [4.78, 5) is 4.24. The molecular weight excluding hydrogens is 260 g/mol. The molecule has 1 N–H and O–H groups in total. The van der Waals surface area contributed by atoms with Crippen LogP contribution in [0, 0.1) is 0 Å². The number of anilines is 1. The molecule has 0 amide bonds. The van der Waals surface area contributed by atoms with E-state index in [9.17, 15) is 0 Å². The molecule has 1 aliphatic heterocycles. The zero-order valence-electron chi connectivity index (χ0n) is 10.5. The number of hydrogen-bond donors (Lipinski definition) is 1. The molecule has 3 nitrogen and oxygen atoms in total. The molecule has 0 atom stereocenters. The van der Waals surface area contributed by atoms with Gasteiger partial charge in [0.1, 0.15) is 12.4 Å². The first-order valence-corrected chi connectivity index (χ1v) is 6.80. The number of fused-ring (bicyclic) bond motifs is 1. The maximum atomic E-state index is 5.93. The lowest BCUT2D eigenvalue weighted by atomic mass is 10.0. The number of benzene rings is 1. The summed E-state index contributed by atoms with van der Waals surface area (Å²) in [7, 11) is 0. The van der Waals surface area contributed by atoms with E-state index < -0.39 is 0 Å². The van der Waals surface area contributed by atoms with Gasteiger partial charge in [-0.1, -0.05) is 23.7 Å². The predicted molar refractivity (Wildman–Crippen MR) is 76.8 cm³/mol. The Hall–Kier alpha value is -1.74. The van der Waals surface area contributed by atoms with Crippen molar-refractivity contribution in [1.82, 2.24) is 4.98 Å². The first kappa shape index (κ1) is 12.3. The molecule has 0 saturated heterocycles. The van der Waals surface area contributed by atoms with Crippen molar-refractivity contribution in [2.24, 2.45) is 0 Å². The van der Waals surface area contributed by atoms with Gasteiger partial charge in [-0.05, 0) is 36.6 Å². The summed E-state index contributed by atoms with van der Waals surface area (Å²) in [5, 5.41) is 4.09. The van der Waals surface area contributed by atoms with Crippen LogP contribution in [0.2, 0.25) is 5.02 Å². The Bertz CT molecular complexity index is 586. The Kier molecular flexibility index (Phi) is 3.56. The Balaban J connectivity index is 1.77. The highest BCUT2D eigenvalue weighted by Gasteiger charge is 2.13. The topological polar surface area (TPSA) is 34.1 Å². The van der Waals surface area contributed by atoms with E-state index in [4.69, 9.17) is 16.3 Å². The fourth-order valence-electron chi connectivity index (χ4n) is 2.28. The van der Waals surface area contributed by atoms with E-state index in [0.29, 0.717) is 11.6 Å². The molecule has 98 valence electrons. The van der Waals surface area contributed by atoms with Gasteiger partial charge in [-0.3, -0.25) is 4.98 Å². The summed E-state index contributed by atoms with van der Waals surface area (Å²) in [6, 6.07) is 9.75. The van der Waals surface area contributed by atoms with E-state index in [2.05, 4.69) is 16.4 Å². The zero-order chi connectivity index (χ0) is 13.1. The zero-order valence-corrected chi connectivity index (χ0v) is 11.3. The van der Waals surface area contributed by atoms with Gasteiger partial charge < -0.3 is 10.1 Å². The van der Waals surface area contributed by atoms with E-state index in [1.54, 1.807) is 12.3 Å². The van der Waals surface area contributed by atoms with Crippen LogP contribution in [-0.2, 0) is 13.0 Å². The number of ether oxygens (including phenoxy) is 1. The molecule has 0 unspecified atom stereocenters. The average Bonchev–Trinajstić information content (AvgIpc) is 2.45. The molecule has 1 aromatic carbocycles. The Morgan fingerprint density at radius 2 is 2.26 bits per heavy atom. The molecule has 2 aromatic rings. The smallest absolute Gasteiger partial charge is 0.143 e. The fraction of sp³-hybridized carbons (Fsp3) is 0.267. The van der Waals surface area contributed by atoms with E-state index in [1.165, 1.54) is 12.0 Å². The molecular formula is C15H15ClN2O. The molecule has 0 saturated carbocycles. The van der Waals surface area contributed by atoms with E-state index in [0.717, 1.165) is 30.1 Å². The normalized spacial score (nSPS) is 13.5. The molecule has 4 heteroatoms. The molecule has 19 heavy (non-hydrogen) atoms. The van der Waals surface area contributed by atoms with Gasteiger partial charge in [0.15, 0.2) is 0 Å². The standard InChI is InChI=1S/C15H15ClN2O/c16-12-6-8-17-13(9-12)10-19-14-5-1-3-11-4-2-7-18-15(11)14/h1,3,5-6,8-9,18H,2,4,7,10H2. The van der Waals surface area contributed by atoms with Crippen LogP contribution in [0.25, 0.3) is 0 Å². The predicted octanol–water partition coefficient (Wildman–Crippen LogP) is 3.67. The lowest BCUT2D eigenvalue weighted by Crippen LogP contribution is -2.13. The lowest BCUT2D eigenvalue weighted by Gasteiger charge is -2.21. The van der Waals surface area contributed by atoms with Crippen LogP contribution in [-0.4, -0.2) is 11.5 Å². The summed E-state index contributed by atoms with van der Waals surface area (Å²) in [5.74, 6) is 0.888. The Labute approximate surface area is 117 Å². The molecule has 0 spiro atoms. The van der Waals surface area contributed by atoms with Gasteiger partial charge in [0.25, 0.3) is 0 Å². The highest BCUT2D eigenvalue weighted by molar-refractivity contribution is 6.30. The first-order chi connectivity index (χ1) is 9.33. The van der Waals surface area contributed by atoms with Crippen LogP contribution >= 0.6 is 11.6 Å². The maximum Gasteiger partial charge on any atom is 0.143 e. The van der Waals surface area contributed by atoms with Crippen molar-refractivity contribution in [2.75, 3.05) is 11.9 Å². The van der Waals surface area contributed by atoms with Crippen molar-refractivity contribution < 1.29 is 4.74 Å². The molecule has 3 rings (SSSR count). The van der Waals surface area contributed by atoms with Gasteiger partial charge >= 0.3 is 0 Å². The number of nitrogens with one attached hydrogen (secondary N) is 1. The minimum atomic E-state index is 0.429. The van der Waals surface area contributed by atoms with Crippen LogP contribution in [0.4, 0.5) is 5.69 Å². The Morgan fingerprint density at radius 1 is 1.32 bits per heavy atom. The minimum Gasteiger partial charge on any atom is -0.485 e. The first-order valence-electron chi connectivity index (χ1n) is 6.42. The second-order valence-electron chi connectivity index (χ2n) is 4.57. The van der Waals surface area contributed by atoms with Crippen molar-refractivity contribution in [3.63, 3.8) is 0 Å². The van der Waals surface area contributed by atoms with Crippen LogP contribution in [0.5, 0.6) is 5.75 Å². The van der Waals surface area contributed by atoms with Crippen molar-refractivity contribution in [3.05, 3.63) is 52.8 Å². The number of aromatic nitrogens is 1. The molecule has 1 aromatic heterocycles.